The van der Waals surface area contributed by atoms with E-state index in [4.69, 9.17) is 4.74 Å². The summed E-state index contributed by atoms with van der Waals surface area (Å²) in [5, 5.41) is 4.82. The van der Waals surface area contributed by atoms with Gasteiger partial charge < -0.3 is 9.72 Å². The lowest BCUT2D eigenvalue weighted by molar-refractivity contribution is 0.0954. The quantitative estimate of drug-likeness (QED) is 0.386. The molecule has 2 N–H and O–H groups in total. The average molecular weight is 388 g/mol. The Kier molecular flexibility index (Phi) is 5.29. The number of nitrogens with zero attached hydrogens (tertiary/aromatic N) is 2. The largest absolute Gasteiger partial charge is 0.473 e. The van der Waals surface area contributed by atoms with E-state index in [1.54, 1.807) is 12.4 Å². The Labute approximate surface area is 166 Å². The molecular weight excluding hydrogens is 371 g/mol. The Morgan fingerprint density at radius 2 is 2.03 bits per heavy atom. The number of hydrogen-bond donors (Lipinski definition) is 2. The van der Waals surface area contributed by atoms with Crippen molar-refractivity contribution >= 4 is 23.0 Å². The van der Waals surface area contributed by atoms with Gasteiger partial charge in [0.05, 0.1) is 17.9 Å². The summed E-state index contributed by atoms with van der Waals surface area (Å²) in [6.07, 6.45) is 4.94. The van der Waals surface area contributed by atoms with Crippen molar-refractivity contribution in [3.63, 3.8) is 0 Å². The Morgan fingerprint density at radius 1 is 1.17 bits per heavy atom. The molecule has 2 heterocycles. The summed E-state index contributed by atoms with van der Waals surface area (Å²) >= 11 is 0. The number of amides is 1. The number of pyridine rings is 1. The molecule has 0 saturated heterocycles. The van der Waals surface area contributed by atoms with Crippen LogP contribution in [0.1, 0.15) is 21.5 Å². The number of ether oxygens (including phenoxy) is 1. The molecule has 0 aliphatic heterocycles. The number of rotatable bonds is 6. The van der Waals surface area contributed by atoms with E-state index in [9.17, 15) is 9.18 Å². The molecule has 144 valence electrons. The molecule has 0 bridgehead atoms. The number of aromatic nitrogens is 2. The maximum atomic E-state index is 13.2. The van der Waals surface area contributed by atoms with Crippen molar-refractivity contribution in [3.8, 4) is 5.88 Å². The first kappa shape index (κ1) is 18.4. The molecule has 0 unspecified atom stereocenters. The second kappa shape index (κ2) is 8.35. The second-order valence-electron chi connectivity index (χ2n) is 6.30. The summed E-state index contributed by atoms with van der Waals surface area (Å²) < 4.78 is 19.0. The number of halogens is 1. The van der Waals surface area contributed by atoms with Crippen LogP contribution in [0.25, 0.3) is 10.9 Å². The Bertz CT molecular complexity index is 1170. The van der Waals surface area contributed by atoms with Crippen LogP contribution in [0.2, 0.25) is 0 Å². The summed E-state index contributed by atoms with van der Waals surface area (Å²) in [7, 11) is 0. The molecule has 2 aromatic heterocycles. The van der Waals surface area contributed by atoms with Gasteiger partial charge in [0.15, 0.2) is 0 Å². The fraction of sp³-hybridized carbons (Fsp3) is 0.0455. The Balaban J connectivity index is 1.46. The van der Waals surface area contributed by atoms with Crippen LogP contribution in [0.4, 0.5) is 4.39 Å². The second-order valence-corrected chi connectivity index (χ2v) is 6.30. The topological polar surface area (TPSA) is 79.4 Å². The van der Waals surface area contributed by atoms with Crippen LogP contribution in [0.5, 0.6) is 5.88 Å². The van der Waals surface area contributed by atoms with Crippen LogP contribution >= 0.6 is 0 Å². The zero-order valence-electron chi connectivity index (χ0n) is 15.3. The van der Waals surface area contributed by atoms with Gasteiger partial charge in [-0.1, -0.05) is 36.4 Å². The van der Waals surface area contributed by atoms with Gasteiger partial charge in [-0.2, -0.15) is 5.10 Å². The first-order valence-electron chi connectivity index (χ1n) is 8.92. The van der Waals surface area contributed by atoms with E-state index < -0.39 is 11.7 Å². The van der Waals surface area contributed by atoms with Crippen molar-refractivity contribution in [2.45, 2.75) is 6.61 Å². The minimum absolute atomic E-state index is 0.196. The number of benzene rings is 2. The van der Waals surface area contributed by atoms with E-state index in [2.05, 4.69) is 20.5 Å². The maximum Gasteiger partial charge on any atom is 0.271 e. The van der Waals surface area contributed by atoms with Crippen LogP contribution in [-0.2, 0) is 6.61 Å². The molecule has 0 saturated carbocycles. The fourth-order valence-corrected chi connectivity index (χ4v) is 2.80. The molecule has 1 amide bonds. The third-order valence-corrected chi connectivity index (χ3v) is 4.26. The molecule has 4 aromatic rings. The highest BCUT2D eigenvalue weighted by molar-refractivity contribution is 6.00. The van der Waals surface area contributed by atoms with Gasteiger partial charge in [0.2, 0.25) is 5.88 Å². The number of nitrogens with one attached hydrogen (secondary N) is 2. The lowest BCUT2D eigenvalue weighted by Crippen LogP contribution is -2.17. The van der Waals surface area contributed by atoms with Crippen molar-refractivity contribution in [2.75, 3.05) is 0 Å². The number of aromatic amines is 1. The highest BCUT2D eigenvalue weighted by atomic mass is 19.1. The van der Waals surface area contributed by atoms with Gasteiger partial charge in [-0.05, 0) is 23.8 Å². The molecule has 2 aromatic carbocycles. The fourth-order valence-electron chi connectivity index (χ4n) is 2.80. The summed E-state index contributed by atoms with van der Waals surface area (Å²) in [5.41, 5.74) is 5.21. The summed E-state index contributed by atoms with van der Waals surface area (Å²) in [4.78, 5) is 19.4. The number of carbonyl (C=O) groups excluding carboxylic acids is 1. The van der Waals surface area contributed by atoms with Crippen molar-refractivity contribution in [3.05, 3.63) is 95.6 Å². The zero-order chi connectivity index (χ0) is 20.1. The molecule has 7 heteroatoms. The lowest BCUT2D eigenvalue weighted by atomic mass is 10.2. The third-order valence-electron chi connectivity index (χ3n) is 4.26. The summed E-state index contributed by atoms with van der Waals surface area (Å²) in [6.45, 7) is 0.414. The minimum Gasteiger partial charge on any atom is -0.473 e. The average Bonchev–Trinajstić information content (AvgIpc) is 3.15. The molecule has 6 nitrogen and oxygen atoms in total. The van der Waals surface area contributed by atoms with Gasteiger partial charge in [-0.3, -0.25) is 4.79 Å². The molecular formula is C22H17FN4O2. The highest BCUT2D eigenvalue weighted by Crippen LogP contribution is 2.21. The Morgan fingerprint density at radius 3 is 2.86 bits per heavy atom. The molecule has 29 heavy (non-hydrogen) atoms. The maximum absolute atomic E-state index is 13.2. The smallest absolute Gasteiger partial charge is 0.271 e. The van der Waals surface area contributed by atoms with Gasteiger partial charge in [-0.15, -0.1) is 0 Å². The van der Waals surface area contributed by atoms with E-state index in [0.717, 1.165) is 28.1 Å². The molecule has 0 aliphatic carbocycles. The predicted octanol–water partition coefficient (Wildman–Crippen LogP) is 4.04. The van der Waals surface area contributed by atoms with Crippen LogP contribution < -0.4 is 10.2 Å². The number of hydrogen-bond acceptors (Lipinski definition) is 4. The van der Waals surface area contributed by atoms with Gasteiger partial charge in [-0.25, -0.2) is 14.8 Å². The molecule has 0 aliphatic rings. The van der Waals surface area contributed by atoms with Crippen molar-refractivity contribution < 1.29 is 13.9 Å². The molecule has 0 spiro atoms. The number of fused-ring (bicyclic) bond motifs is 1. The van der Waals surface area contributed by atoms with Crippen molar-refractivity contribution in [2.24, 2.45) is 5.10 Å². The molecule has 0 fully saturated rings. The van der Waals surface area contributed by atoms with Gasteiger partial charge in [0, 0.05) is 28.8 Å². The normalized spacial score (nSPS) is 11.1. The highest BCUT2D eigenvalue weighted by Gasteiger charge is 2.07. The minimum atomic E-state index is -0.492. The predicted molar refractivity (Wildman–Crippen MR) is 108 cm³/mol. The summed E-state index contributed by atoms with van der Waals surface area (Å²) in [5.74, 6) is -0.484. The Hall–Kier alpha value is -4.00. The van der Waals surface area contributed by atoms with Gasteiger partial charge in [0.1, 0.15) is 12.4 Å². The van der Waals surface area contributed by atoms with E-state index in [1.165, 1.54) is 24.4 Å². The van der Waals surface area contributed by atoms with Gasteiger partial charge >= 0.3 is 0 Å². The van der Waals surface area contributed by atoms with Gasteiger partial charge in [0.25, 0.3) is 5.91 Å². The first-order chi connectivity index (χ1) is 14.2. The van der Waals surface area contributed by atoms with E-state index >= 15 is 0 Å². The number of carbonyl (C=O) groups is 1. The van der Waals surface area contributed by atoms with Crippen molar-refractivity contribution in [1.29, 1.82) is 0 Å². The van der Waals surface area contributed by atoms with E-state index in [0.29, 0.717) is 12.5 Å². The van der Waals surface area contributed by atoms with E-state index in [-0.39, 0.29) is 5.56 Å². The zero-order valence-corrected chi connectivity index (χ0v) is 15.3. The standard InChI is InChI=1S/C22H17FN4O2/c23-18-8-4-7-16(9-18)22(28)27-26-12-17-11-24-20-13-25-21(10-19(17)20)29-14-15-5-2-1-3-6-15/h1-13,24H,14H2,(H,27,28)/b26-12+. The van der Waals surface area contributed by atoms with Crippen LogP contribution in [0.15, 0.2) is 78.2 Å². The number of hydrazone groups is 1. The van der Waals surface area contributed by atoms with Crippen LogP contribution in [-0.4, -0.2) is 22.1 Å². The molecule has 4 rings (SSSR count). The summed E-state index contributed by atoms with van der Waals surface area (Å²) in [6, 6.07) is 17.0. The van der Waals surface area contributed by atoms with Crippen LogP contribution in [0, 0.1) is 5.82 Å². The number of H-pyrrole nitrogens is 1. The first-order valence-corrected chi connectivity index (χ1v) is 8.92. The van der Waals surface area contributed by atoms with Crippen LogP contribution in [0.3, 0.4) is 0 Å². The van der Waals surface area contributed by atoms with E-state index in [1.807, 2.05) is 36.4 Å². The third kappa shape index (κ3) is 4.47. The monoisotopic (exact) mass is 388 g/mol. The lowest BCUT2D eigenvalue weighted by Gasteiger charge is -2.05. The SMILES string of the molecule is O=C(N/N=C/c1c[nH]c2cnc(OCc3ccccc3)cc12)c1cccc(F)c1. The van der Waals surface area contributed by atoms with Crippen molar-refractivity contribution in [1.82, 2.24) is 15.4 Å². The molecule has 0 atom stereocenters. The molecule has 0 radical (unpaired) electrons.